The molecular weight excluding hydrogens is 376 g/mol. The minimum atomic E-state index is -0.0244. The van der Waals surface area contributed by atoms with Crippen LogP contribution in [0.25, 0.3) is 0 Å². The van der Waals surface area contributed by atoms with Gasteiger partial charge in [-0.15, -0.1) is 0 Å². The quantitative estimate of drug-likeness (QED) is 0.492. The third-order valence-electron chi connectivity index (χ3n) is 5.28. The monoisotopic (exact) mass is 410 g/mol. The zero-order valence-corrected chi connectivity index (χ0v) is 18.1. The normalized spacial score (nSPS) is 16.3. The van der Waals surface area contributed by atoms with Gasteiger partial charge in [0.2, 0.25) is 0 Å². The summed E-state index contributed by atoms with van der Waals surface area (Å²) in [5.74, 6) is 0.802. The molecule has 30 heavy (non-hydrogen) atoms. The van der Waals surface area contributed by atoms with Crippen LogP contribution in [0.1, 0.15) is 29.7 Å². The van der Waals surface area contributed by atoms with Crippen LogP contribution >= 0.6 is 0 Å². The van der Waals surface area contributed by atoms with E-state index < -0.39 is 0 Å². The zero-order valence-electron chi connectivity index (χ0n) is 18.1. The highest BCUT2D eigenvalue weighted by atomic mass is 16.5. The van der Waals surface area contributed by atoms with E-state index >= 15 is 0 Å². The van der Waals surface area contributed by atoms with Crippen molar-refractivity contribution >= 4 is 5.96 Å². The van der Waals surface area contributed by atoms with Crippen LogP contribution in [0, 0.1) is 0 Å². The topological polar surface area (TPSA) is 58.1 Å². The standard InChI is InChI=1S/C24H34N4O2/c1-3-25-24(27-18-23(29-2)20-9-5-4-6-10-20)26-17-21-11-7-8-12-22(21)19-28-13-15-30-16-14-28/h4-12,23H,3,13-19H2,1-2H3,(H2,25,26,27). The minimum Gasteiger partial charge on any atom is -0.379 e. The molecule has 1 aliphatic rings. The van der Waals surface area contributed by atoms with Crippen molar-refractivity contribution in [2.45, 2.75) is 26.1 Å². The van der Waals surface area contributed by atoms with Gasteiger partial charge in [0.1, 0.15) is 0 Å². The van der Waals surface area contributed by atoms with Crippen LogP contribution in [0.3, 0.4) is 0 Å². The molecule has 6 nitrogen and oxygen atoms in total. The number of ether oxygens (including phenoxy) is 2. The molecule has 1 saturated heterocycles. The SMILES string of the molecule is CCNC(=NCc1ccccc1CN1CCOCC1)NCC(OC)c1ccccc1. The van der Waals surface area contributed by atoms with E-state index in [0.29, 0.717) is 13.1 Å². The molecule has 1 fully saturated rings. The molecular formula is C24H34N4O2. The average molecular weight is 411 g/mol. The summed E-state index contributed by atoms with van der Waals surface area (Å²) in [7, 11) is 1.74. The van der Waals surface area contributed by atoms with Gasteiger partial charge in [-0.25, -0.2) is 4.99 Å². The van der Waals surface area contributed by atoms with Gasteiger partial charge in [0.15, 0.2) is 5.96 Å². The number of methoxy groups -OCH3 is 1. The molecule has 1 heterocycles. The van der Waals surface area contributed by atoms with E-state index in [4.69, 9.17) is 14.5 Å². The molecule has 0 aliphatic carbocycles. The maximum Gasteiger partial charge on any atom is 0.191 e. The second-order valence-corrected chi connectivity index (χ2v) is 7.37. The number of hydrogen-bond donors (Lipinski definition) is 2. The van der Waals surface area contributed by atoms with E-state index in [2.05, 4.69) is 58.9 Å². The van der Waals surface area contributed by atoms with Crippen molar-refractivity contribution in [3.8, 4) is 0 Å². The van der Waals surface area contributed by atoms with Gasteiger partial charge in [0.05, 0.1) is 25.9 Å². The van der Waals surface area contributed by atoms with Crippen molar-refractivity contribution in [2.75, 3.05) is 46.5 Å². The van der Waals surface area contributed by atoms with Crippen molar-refractivity contribution in [2.24, 2.45) is 4.99 Å². The summed E-state index contributed by atoms with van der Waals surface area (Å²) in [6.07, 6.45) is -0.0244. The van der Waals surface area contributed by atoms with Gasteiger partial charge in [-0.05, 0) is 23.6 Å². The van der Waals surface area contributed by atoms with Crippen LogP contribution in [0.15, 0.2) is 59.6 Å². The van der Waals surface area contributed by atoms with E-state index in [1.807, 2.05) is 18.2 Å². The highest BCUT2D eigenvalue weighted by molar-refractivity contribution is 5.79. The Morgan fingerprint density at radius 3 is 2.43 bits per heavy atom. The predicted molar refractivity (Wildman–Crippen MR) is 122 cm³/mol. The number of benzene rings is 2. The molecule has 0 aromatic heterocycles. The predicted octanol–water partition coefficient (Wildman–Crippen LogP) is 2.96. The van der Waals surface area contributed by atoms with Crippen LogP contribution in [0.2, 0.25) is 0 Å². The Morgan fingerprint density at radius 2 is 1.73 bits per heavy atom. The van der Waals surface area contributed by atoms with Crippen LogP contribution in [-0.2, 0) is 22.6 Å². The third kappa shape index (κ3) is 6.83. The van der Waals surface area contributed by atoms with Crippen LogP contribution in [-0.4, -0.2) is 57.4 Å². The summed E-state index contributed by atoms with van der Waals surface area (Å²) in [5.41, 5.74) is 3.74. The highest BCUT2D eigenvalue weighted by Crippen LogP contribution is 2.16. The second-order valence-electron chi connectivity index (χ2n) is 7.37. The summed E-state index contributed by atoms with van der Waals surface area (Å²) in [6.45, 7) is 8.73. The van der Waals surface area contributed by atoms with Gasteiger partial charge >= 0.3 is 0 Å². The highest BCUT2D eigenvalue weighted by Gasteiger charge is 2.13. The van der Waals surface area contributed by atoms with Crippen molar-refractivity contribution in [1.29, 1.82) is 0 Å². The summed E-state index contributed by atoms with van der Waals surface area (Å²) in [6, 6.07) is 18.8. The Labute approximate surface area is 180 Å². The first-order chi connectivity index (χ1) is 14.8. The molecule has 0 spiro atoms. The fourth-order valence-electron chi connectivity index (χ4n) is 3.57. The molecule has 3 rings (SSSR count). The molecule has 162 valence electrons. The van der Waals surface area contributed by atoms with Crippen molar-refractivity contribution in [1.82, 2.24) is 15.5 Å². The van der Waals surface area contributed by atoms with Crippen LogP contribution in [0.4, 0.5) is 0 Å². The summed E-state index contributed by atoms with van der Waals surface area (Å²) < 4.78 is 11.1. The fourth-order valence-corrected chi connectivity index (χ4v) is 3.57. The largest absolute Gasteiger partial charge is 0.379 e. The van der Waals surface area contributed by atoms with Crippen molar-refractivity contribution in [3.05, 3.63) is 71.3 Å². The molecule has 2 N–H and O–H groups in total. The van der Waals surface area contributed by atoms with E-state index in [1.165, 1.54) is 11.1 Å². The number of guanidine groups is 1. The first-order valence-corrected chi connectivity index (χ1v) is 10.8. The van der Waals surface area contributed by atoms with Crippen molar-refractivity contribution in [3.63, 3.8) is 0 Å². The van der Waals surface area contributed by atoms with Gasteiger partial charge in [-0.2, -0.15) is 0 Å². The molecule has 0 amide bonds. The number of aliphatic imine (C=N–C) groups is 1. The Bertz CT molecular complexity index is 776. The number of nitrogens with zero attached hydrogens (tertiary/aromatic N) is 2. The lowest BCUT2D eigenvalue weighted by Gasteiger charge is -2.27. The first kappa shape index (κ1) is 22.3. The fraction of sp³-hybridized carbons (Fsp3) is 0.458. The lowest BCUT2D eigenvalue weighted by Crippen LogP contribution is -2.39. The van der Waals surface area contributed by atoms with Gasteiger partial charge in [0.25, 0.3) is 0 Å². The second kappa shape index (κ2) is 12.3. The smallest absolute Gasteiger partial charge is 0.191 e. The van der Waals surface area contributed by atoms with Crippen LogP contribution < -0.4 is 10.6 Å². The Kier molecular flexibility index (Phi) is 9.15. The molecule has 2 aromatic rings. The van der Waals surface area contributed by atoms with E-state index in [1.54, 1.807) is 7.11 Å². The van der Waals surface area contributed by atoms with E-state index in [-0.39, 0.29) is 6.10 Å². The van der Waals surface area contributed by atoms with E-state index in [0.717, 1.165) is 50.9 Å². The molecule has 0 radical (unpaired) electrons. The maximum absolute atomic E-state index is 5.67. The number of morpholine rings is 1. The average Bonchev–Trinajstić information content (AvgIpc) is 2.80. The summed E-state index contributed by atoms with van der Waals surface area (Å²) in [5, 5.41) is 6.77. The van der Waals surface area contributed by atoms with Gasteiger partial charge in [-0.1, -0.05) is 54.6 Å². The molecule has 6 heteroatoms. The van der Waals surface area contributed by atoms with Gasteiger partial charge in [0, 0.05) is 39.8 Å². The summed E-state index contributed by atoms with van der Waals surface area (Å²) in [4.78, 5) is 7.28. The third-order valence-corrected chi connectivity index (χ3v) is 5.28. The minimum absolute atomic E-state index is 0.0244. The lowest BCUT2D eigenvalue weighted by atomic mass is 10.1. The lowest BCUT2D eigenvalue weighted by molar-refractivity contribution is 0.0341. The van der Waals surface area contributed by atoms with Crippen molar-refractivity contribution < 1.29 is 9.47 Å². The molecule has 0 bridgehead atoms. The molecule has 1 unspecified atom stereocenters. The zero-order chi connectivity index (χ0) is 21.0. The first-order valence-electron chi connectivity index (χ1n) is 10.8. The number of nitrogens with one attached hydrogen (secondary N) is 2. The van der Waals surface area contributed by atoms with E-state index in [9.17, 15) is 0 Å². The Balaban J connectivity index is 1.63. The van der Waals surface area contributed by atoms with Gasteiger partial charge in [-0.3, -0.25) is 4.90 Å². The van der Waals surface area contributed by atoms with Gasteiger partial charge < -0.3 is 20.1 Å². The Morgan fingerprint density at radius 1 is 1.03 bits per heavy atom. The molecule has 2 aromatic carbocycles. The molecule has 1 atom stereocenters. The van der Waals surface area contributed by atoms with Crippen LogP contribution in [0.5, 0.6) is 0 Å². The number of rotatable bonds is 9. The number of hydrogen-bond acceptors (Lipinski definition) is 4. The molecule has 1 aliphatic heterocycles. The Hall–Kier alpha value is -2.41. The molecule has 0 saturated carbocycles. The summed E-state index contributed by atoms with van der Waals surface area (Å²) >= 11 is 0. The maximum atomic E-state index is 5.67.